The molecular weight excluding hydrogens is 373 g/mol. The highest BCUT2D eigenvalue weighted by atomic mass is 127. The first-order valence-corrected chi connectivity index (χ1v) is 6.77. The number of benzene rings is 1. The Labute approximate surface area is 128 Å². The molecule has 0 fully saturated rings. The summed E-state index contributed by atoms with van der Waals surface area (Å²) in [6, 6.07) is 9.46. The van der Waals surface area contributed by atoms with Crippen LogP contribution in [0.25, 0.3) is 0 Å². The van der Waals surface area contributed by atoms with Gasteiger partial charge in [0.25, 0.3) is 5.69 Å². The molecule has 0 radical (unpaired) electrons. The molecule has 0 saturated heterocycles. The molecule has 102 valence electrons. The van der Waals surface area contributed by atoms with Crippen molar-refractivity contribution in [3.8, 4) is 0 Å². The lowest BCUT2D eigenvalue weighted by atomic mass is 10.1. The number of nitro groups is 1. The first-order valence-electron chi connectivity index (χ1n) is 5.69. The second-order valence-corrected chi connectivity index (χ2v) is 5.26. The van der Waals surface area contributed by atoms with Gasteiger partial charge in [-0.1, -0.05) is 12.1 Å². The van der Waals surface area contributed by atoms with E-state index in [1.807, 2.05) is 6.07 Å². The summed E-state index contributed by atoms with van der Waals surface area (Å²) in [6.45, 7) is 0. The average molecular weight is 383 g/mol. The first-order chi connectivity index (χ1) is 9.54. The van der Waals surface area contributed by atoms with Crippen molar-refractivity contribution in [1.82, 2.24) is 4.98 Å². The smallest absolute Gasteiger partial charge is 0.269 e. The Morgan fingerprint density at radius 1 is 1.25 bits per heavy atom. The molecule has 1 heterocycles. The number of rotatable bonds is 4. The van der Waals surface area contributed by atoms with E-state index in [9.17, 15) is 14.9 Å². The quantitative estimate of drug-likeness (QED) is 0.500. The van der Waals surface area contributed by atoms with E-state index in [0.717, 1.165) is 3.57 Å². The summed E-state index contributed by atoms with van der Waals surface area (Å²) in [6.07, 6.45) is 1.80. The Balaban J connectivity index is 1.97. The zero-order valence-corrected chi connectivity index (χ0v) is 12.4. The van der Waals surface area contributed by atoms with Crippen LogP contribution in [0.4, 0.5) is 11.5 Å². The van der Waals surface area contributed by atoms with Gasteiger partial charge < -0.3 is 5.32 Å². The van der Waals surface area contributed by atoms with Crippen molar-refractivity contribution in [2.24, 2.45) is 0 Å². The maximum absolute atomic E-state index is 11.8. The number of carbonyl (C=O) groups excluding carboxylic acids is 1. The van der Waals surface area contributed by atoms with Gasteiger partial charge >= 0.3 is 0 Å². The third-order valence-electron chi connectivity index (χ3n) is 2.51. The fourth-order valence-corrected chi connectivity index (χ4v) is 1.88. The largest absolute Gasteiger partial charge is 0.310 e. The van der Waals surface area contributed by atoms with Gasteiger partial charge in [0, 0.05) is 21.9 Å². The van der Waals surface area contributed by atoms with Gasteiger partial charge in [0.2, 0.25) is 5.91 Å². The maximum atomic E-state index is 11.8. The number of carbonyl (C=O) groups is 1. The molecule has 6 nitrogen and oxygen atoms in total. The highest BCUT2D eigenvalue weighted by Gasteiger charge is 2.08. The molecule has 20 heavy (non-hydrogen) atoms. The Morgan fingerprint density at radius 3 is 2.50 bits per heavy atom. The Kier molecular flexibility index (Phi) is 4.61. The molecule has 0 saturated carbocycles. The lowest BCUT2D eigenvalue weighted by Gasteiger charge is -2.04. The Hall–Kier alpha value is -2.03. The number of hydrogen-bond acceptors (Lipinski definition) is 4. The van der Waals surface area contributed by atoms with Crippen molar-refractivity contribution in [1.29, 1.82) is 0 Å². The number of hydrogen-bond donors (Lipinski definition) is 1. The molecule has 2 rings (SSSR count). The summed E-state index contributed by atoms with van der Waals surface area (Å²) in [5.74, 6) is 0.268. The summed E-state index contributed by atoms with van der Waals surface area (Å²) in [5.41, 5.74) is 0.715. The van der Waals surface area contributed by atoms with Crippen LogP contribution in [0, 0.1) is 13.7 Å². The van der Waals surface area contributed by atoms with Crippen LogP contribution in [0.5, 0.6) is 0 Å². The lowest BCUT2D eigenvalue weighted by Crippen LogP contribution is -2.15. The molecule has 0 aliphatic rings. The van der Waals surface area contributed by atoms with Crippen LogP contribution in [0.2, 0.25) is 0 Å². The van der Waals surface area contributed by atoms with Crippen molar-refractivity contribution in [2.45, 2.75) is 6.42 Å². The number of nitro benzene ring substituents is 1. The van der Waals surface area contributed by atoms with E-state index in [2.05, 4.69) is 32.9 Å². The molecule has 1 aromatic carbocycles. The molecule has 0 spiro atoms. The van der Waals surface area contributed by atoms with E-state index in [4.69, 9.17) is 0 Å². The lowest BCUT2D eigenvalue weighted by molar-refractivity contribution is -0.384. The maximum Gasteiger partial charge on any atom is 0.269 e. The number of non-ortho nitro benzene ring substituents is 1. The van der Waals surface area contributed by atoms with Crippen molar-refractivity contribution < 1.29 is 9.72 Å². The number of nitrogens with one attached hydrogen (secondary N) is 1. The number of aromatic nitrogens is 1. The molecule has 0 atom stereocenters. The second-order valence-electron chi connectivity index (χ2n) is 4.01. The van der Waals surface area contributed by atoms with Crippen LogP contribution >= 0.6 is 22.6 Å². The van der Waals surface area contributed by atoms with Crippen LogP contribution in [-0.4, -0.2) is 15.8 Å². The molecule has 1 N–H and O–H groups in total. The monoisotopic (exact) mass is 383 g/mol. The minimum absolute atomic E-state index is 0.00783. The van der Waals surface area contributed by atoms with Crippen LogP contribution in [0.3, 0.4) is 0 Å². The normalized spacial score (nSPS) is 10.1. The third kappa shape index (κ3) is 3.98. The van der Waals surface area contributed by atoms with E-state index in [1.165, 1.54) is 12.1 Å². The highest BCUT2D eigenvalue weighted by Crippen LogP contribution is 2.13. The summed E-state index contributed by atoms with van der Waals surface area (Å²) in [5, 5.41) is 13.2. The zero-order chi connectivity index (χ0) is 14.5. The molecule has 0 aliphatic heterocycles. The predicted molar refractivity (Wildman–Crippen MR) is 82.4 cm³/mol. The number of halogens is 1. The van der Waals surface area contributed by atoms with Gasteiger partial charge in [-0.2, -0.15) is 0 Å². The minimum atomic E-state index is -0.473. The van der Waals surface area contributed by atoms with E-state index >= 15 is 0 Å². The second kappa shape index (κ2) is 6.42. The summed E-state index contributed by atoms with van der Waals surface area (Å²) >= 11 is 2.13. The van der Waals surface area contributed by atoms with E-state index in [1.54, 1.807) is 24.4 Å². The summed E-state index contributed by atoms with van der Waals surface area (Å²) < 4.78 is 0.982. The van der Waals surface area contributed by atoms with Crippen LogP contribution in [-0.2, 0) is 11.2 Å². The summed E-state index contributed by atoms with van der Waals surface area (Å²) in [4.78, 5) is 25.9. The molecule has 2 aromatic rings. The Morgan fingerprint density at radius 2 is 1.95 bits per heavy atom. The van der Waals surface area contributed by atoms with Crippen molar-refractivity contribution >= 4 is 40.0 Å². The summed E-state index contributed by atoms with van der Waals surface area (Å²) in [7, 11) is 0. The standard InChI is InChI=1S/C13H10IN3O3/c14-10-3-6-12(15-8-10)16-13(18)7-9-1-4-11(5-2-9)17(19)20/h1-6,8H,7H2,(H,15,16,18). The molecule has 1 amide bonds. The highest BCUT2D eigenvalue weighted by molar-refractivity contribution is 14.1. The predicted octanol–water partition coefficient (Wildman–Crippen LogP) is 2.78. The van der Waals surface area contributed by atoms with Gasteiger partial charge in [-0.25, -0.2) is 4.98 Å². The molecule has 0 unspecified atom stereocenters. The SMILES string of the molecule is O=C(Cc1ccc([N+](=O)[O-])cc1)Nc1ccc(I)cn1. The van der Waals surface area contributed by atoms with Gasteiger partial charge in [-0.3, -0.25) is 14.9 Å². The van der Waals surface area contributed by atoms with Gasteiger partial charge in [-0.15, -0.1) is 0 Å². The fraction of sp³-hybridized carbons (Fsp3) is 0.0769. The van der Waals surface area contributed by atoms with E-state index in [0.29, 0.717) is 11.4 Å². The van der Waals surface area contributed by atoms with Crippen LogP contribution in [0.1, 0.15) is 5.56 Å². The van der Waals surface area contributed by atoms with Crippen LogP contribution in [0.15, 0.2) is 42.6 Å². The minimum Gasteiger partial charge on any atom is -0.310 e. The van der Waals surface area contributed by atoms with Gasteiger partial charge in [0.05, 0.1) is 11.3 Å². The van der Waals surface area contributed by atoms with E-state index < -0.39 is 4.92 Å². The van der Waals surface area contributed by atoms with Crippen molar-refractivity contribution in [3.05, 3.63) is 61.8 Å². The van der Waals surface area contributed by atoms with E-state index in [-0.39, 0.29) is 18.0 Å². The topological polar surface area (TPSA) is 85.1 Å². The van der Waals surface area contributed by atoms with Gasteiger partial charge in [0.1, 0.15) is 5.82 Å². The molecular formula is C13H10IN3O3. The van der Waals surface area contributed by atoms with Crippen LogP contribution < -0.4 is 5.32 Å². The third-order valence-corrected chi connectivity index (χ3v) is 3.14. The number of pyridine rings is 1. The fourth-order valence-electron chi connectivity index (χ4n) is 1.56. The molecule has 7 heteroatoms. The number of nitrogens with zero attached hydrogens (tertiary/aromatic N) is 2. The first kappa shape index (κ1) is 14.4. The molecule has 1 aromatic heterocycles. The van der Waals surface area contributed by atoms with Crippen molar-refractivity contribution in [2.75, 3.05) is 5.32 Å². The molecule has 0 aliphatic carbocycles. The van der Waals surface area contributed by atoms with Gasteiger partial charge in [-0.05, 0) is 40.3 Å². The van der Waals surface area contributed by atoms with Crippen molar-refractivity contribution in [3.63, 3.8) is 0 Å². The zero-order valence-electron chi connectivity index (χ0n) is 10.2. The average Bonchev–Trinajstić information content (AvgIpc) is 2.42. The van der Waals surface area contributed by atoms with Gasteiger partial charge in [0.15, 0.2) is 0 Å². The number of anilines is 1. The number of amides is 1. The Bertz CT molecular complexity index is 626. The molecule has 0 bridgehead atoms.